The molecule has 0 fully saturated rings. The normalized spacial score (nSPS) is 11.1. The van der Waals surface area contributed by atoms with E-state index in [1.807, 2.05) is 13.2 Å². The Morgan fingerprint density at radius 1 is 1.11 bits per heavy atom. The largest absolute Gasteiger partial charge is 0.369 e. The number of rotatable bonds is 8. The fourth-order valence-electron chi connectivity index (χ4n) is 2.22. The van der Waals surface area contributed by atoms with Gasteiger partial charge in [-0.15, -0.1) is 0 Å². The molecule has 2 aromatic rings. The number of nitrogens with zero attached hydrogens (tertiary/aromatic N) is 4. The molecule has 0 unspecified atom stereocenters. The van der Waals surface area contributed by atoms with Crippen LogP contribution in [0.15, 0.2) is 12.5 Å². The van der Waals surface area contributed by atoms with Crippen LogP contribution in [0.25, 0.3) is 11.0 Å². The summed E-state index contributed by atoms with van der Waals surface area (Å²) in [5, 5.41) is 8.59. The van der Waals surface area contributed by atoms with Gasteiger partial charge in [0.2, 0.25) is 0 Å². The summed E-state index contributed by atoms with van der Waals surface area (Å²) in [5.74, 6) is 0.895. The van der Waals surface area contributed by atoms with E-state index in [1.54, 1.807) is 11.0 Å². The minimum Gasteiger partial charge on any atom is -0.369 e. The van der Waals surface area contributed by atoms with Gasteiger partial charge >= 0.3 is 0 Å². The lowest BCUT2D eigenvalue weighted by Gasteiger charge is -2.06. The van der Waals surface area contributed by atoms with E-state index in [0.717, 1.165) is 23.4 Å². The number of fused-ring (bicyclic) bond motifs is 1. The Balaban J connectivity index is 1.79. The van der Waals surface area contributed by atoms with Crippen molar-refractivity contribution < 1.29 is 0 Å². The van der Waals surface area contributed by atoms with E-state index < -0.39 is 0 Å². The minimum absolute atomic E-state index is 0.875. The fourth-order valence-corrected chi connectivity index (χ4v) is 2.22. The van der Waals surface area contributed by atoms with Gasteiger partial charge in [-0.2, -0.15) is 5.10 Å². The van der Waals surface area contributed by atoms with Crippen LogP contribution in [0.2, 0.25) is 0 Å². The highest BCUT2D eigenvalue weighted by molar-refractivity contribution is 5.85. The summed E-state index contributed by atoms with van der Waals surface area (Å²) in [7, 11) is 1.90. The van der Waals surface area contributed by atoms with Gasteiger partial charge in [0, 0.05) is 13.6 Å². The van der Waals surface area contributed by atoms with Crippen LogP contribution in [0.3, 0.4) is 0 Å². The molecule has 2 heterocycles. The standard InChI is InChI=1S/C14H23N5/c1-3-4-5-6-7-8-9-15-13-12-10-18-19(2)14(12)17-11-16-13/h10-11H,3-9H2,1-2H3,(H,15,16,17). The summed E-state index contributed by atoms with van der Waals surface area (Å²) < 4.78 is 1.77. The van der Waals surface area contributed by atoms with Gasteiger partial charge in [0.05, 0.1) is 11.6 Å². The molecule has 2 aromatic heterocycles. The minimum atomic E-state index is 0.875. The van der Waals surface area contributed by atoms with Crippen molar-refractivity contribution in [3.05, 3.63) is 12.5 Å². The maximum absolute atomic E-state index is 4.29. The number of unbranched alkanes of at least 4 members (excludes halogenated alkanes) is 5. The third-order valence-electron chi connectivity index (χ3n) is 3.35. The molecule has 0 radical (unpaired) electrons. The SMILES string of the molecule is CCCCCCCCNc1ncnc2c1cnn2C. The Labute approximate surface area is 114 Å². The average Bonchev–Trinajstić information content (AvgIpc) is 2.81. The molecule has 0 aliphatic heterocycles. The Hall–Kier alpha value is -1.65. The van der Waals surface area contributed by atoms with E-state index in [-0.39, 0.29) is 0 Å². The number of aromatic nitrogens is 4. The third-order valence-corrected chi connectivity index (χ3v) is 3.35. The first-order valence-corrected chi connectivity index (χ1v) is 7.19. The number of hydrogen-bond acceptors (Lipinski definition) is 4. The van der Waals surface area contributed by atoms with Crippen molar-refractivity contribution in [1.29, 1.82) is 0 Å². The number of nitrogens with one attached hydrogen (secondary N) is 1. The van der Waals surface area contributed by atoms with Crippen LogP contribution >= 0.6 is 0 Å². The molecule has 2 rings (SSSR count). The summed E-state index contributed by atoms with van der Waals surface area (Å²) in [4.78, 5) is 8.52. The van der Waals surface area contributed by atoms with Gasteiger partial charge in [0.15, 0.2) is 5.65 Å². The summed E-state index contributed by atoms with van der Waals surface area (Å²) in [5.41, 5.74) is 0.875. The van der Waals surface area contributed by atoms with Gasteiger partial charge in [-0.1, -0.05) is 39.0 Å². The Kier molecular flexibility index (Phi) is 5.12. The lowest BCUT2D eigenvalue weighted by molar-refractivity contribution is 0.617. The lowest BCUT2D eigenvalue weighted by atomic mass is 10.1. The van der Waals surface area contributed by atoms with E-state index in [1.165, 1.54) is 38.5 Å². The molecule has 0 atom stereocenters. The van der Waals surface area contributed by atoms with Crippen LogP contribution in [0.5, 0.6) is 0 Å². The van der Waals surface area contributed by atoms with Crippen molar-refractivity contribution in [2.45, 2.75) is 45.4 Å². The maximum atomic E-state index is 4.29. The molecule has 0 saturated carbocycles. The first kappa shape index (κ1) is 13.8. The molecule has 0 aliphatic rings. The summed E-state index contributed by atoms with van der Waals surface area (Å²) in [6, 6.07) is 0. The summed E-state index contributed by atoms with van der Waals surface area (Å²) in [6.45, 7) is 3.21. The van der Waals surface area contributed by atoms with E-state index >= 15 is 0 Å². The van der Waals surface area contributed by atoms with Crippen LogP contribution in [0.4, 0.5) is 5.82 Å². The van der Waals surface area contributed by atoms with Crippen molar-refractivity contribution in [2.24, 2.45) is 7.05 Å². The molecule has 5 nitrogen and oxygen atoms in total. The van der Waals surface area contributed by atoms with Crippen molar-refractivity contribution >= 4 is 16.9 Å². The molecule has 19 heavy (non-hydrogen) atoms. The average molecular weight is 261 g/mol. The van der Waals surface area contributed by atoms with Crippen molar-refractivity contribution in [1.82, 2.24) is 19.7 Å². The van der Waals surface area contributed by atoms with Gasteiger partial charge < -0.3 is 5.32 Å². The van der Waals surface area contributed by atoms with Crippen LogP contribution in [-0.4, -0.2) is 26.3 Å². The van der Waals surface area contributed by atoms with Crippen molar-refractivity contribution in [3.63, 3.8) is 0 Å². The van der Waals surface area contributed by atoms with Crippen LogP contribution in [0.1, 0.15) is 45.4 Å². The first-order chi connectivity index (χ1) is 9.33. The first-order valence-electron chi connectivity index (χ1n) is 7.19. The monoisotopic (exact) mass is 261 g/mol. The molecule has 0 saturated heterocycles. The molecule has 0 aliphatic carbocycles. The molecule has 1 N–H and O–H groups in total. The predicted molar refractivity (Wildman–Crippen MR) is 78.2 cm³/mol. The van der Waals surface area contributed by atoms with Crippen molar-refractivity contribution in [3.8, 4) is 0 Å². The number of anilines is 1. The molecular formula is C14H23N5. The second-order valence-electron chi connectivity index (χ2n) is 4.92. The van der Waals surface area contributed by atoms with Crippen LogP contribution in [0, 0.1) is 0 Å². The van der Waals surface area contributed by atoms with E-state index in [0.29, 0.717) is 0 Å². The summed E-state index contributed by atoms with van der Waals surface area (Å²) in [6.07, 6.45) is 11.2. The quantitative estimate of drug-likeness (QED) is 0.742. The molecule has 5 heteroatoms. The Morgan fingerprint density at radius 3 is 2.74 bits per heavy atom. The van der Waals surface area contributed by atoms with Gasteiger partial charge in [-0.3, -0.25) is 4.68 Å². The number of aryl methyl sites for hydroxylation is 1. The van der Waals surface area contributed by atoms with Crippen molar-refractivity contribution in [2.75, 3.05) is 11.9 Å². The van der Waals surface area contributed by atoms with E-state index in [4.69, 9.17) is 0 Å². The smallest absolute Gasteiger partial charge is 0.163 e. The lowest BCUT2D eigenvalue weighted by Crippen LogP contribution is -2.04. The zero-order valence-corrected chi connectivity index (χ0v) is 11.9. The Morgan fingerprint density at radius 2 is 1.89 bits per heavy atom. The molecule has 0 spiro atoms. The molecule has 0 bridgehead atoms. The topological polar surface area (TPSA) is 55.6 Å². The fraction of sp³-hybridized carbons (Fsp3) is 0.643. The van der Waals surface area contributed by atoms with Crippen LogP contribution < -0.4 is 5.32 Å². The van der Waals surface area contributed by atoms with Gasteiger partial charge in [0.1, 0.15) is 12.1 Å². The highest BCUT2D eigenvalue weighted by Gasteiger charge is 2.06. The second kappa shape index (κ2) is 7.07. The molecule has 104 valence electrons. The zero-order valence-electron chi connectivity index (χ0n) is 11.9. The zero-order chi connectivity index (χ0) is 13.5. The second-order valence-corrected chi connectivity index (χ2v) is 4.92. The van der Waals surface area contributed by atoms with Gasteiger partial charge in [-0.25, -0.2) is 9.97 Å². The molecular weight excluding hydrogens is 238 g/mol. The van der Waals surface area contributed by atoms with Gasteiger partial charge in [0.25, 0.3) is 0 Å². The highest BCUT2D eigenvalue weighted by atomic mass is 15.3. The summed E-state index contributed by atoms with van der Waals surface area (Å²) >= 11 is 0. The third kappa shape index (κ3) is 3.66. The molecule has 0 amide bonds. The predicted octanol–water partition coefficient (Wildman–Crippen LogP) is 3.14. The number of hydrogen-bond donors (Lipinski definition) is 1. The van der Waals surface area contributed by atoms with E-state index in [9.17, 15) is 0 Å². The van der Waals surface area contributed by atoms with Crippen LogP contribution in [-0.2, 0) is 7.05 Å². The highest BCUT2D eigenvalue weighted by Crippen LogP contribution is 2.17. The molecule has 0 aromatic carbocycles. The van der Waals surface area contributed by atoms with Gasteiger partial charge in [-0.05, 0) is 6.42 Å². The van der Waals surface area contributed by atoms with E-state index in [2.05, 4.69) is 27.3 Å². The Bertz CT molecular complexity index is 506. The maximum Gasteiger partial charge on any atom is 0.163 e.